The molecule has 0 aromatic heterocycles. The summed E-state index contributed by atoms with van der Waals surface area (Å²) >= 11 is 5.93. The standard InChI is InChI=1S/C28H33ClN6O2/c1-20(32-24-6-3-23(29)4-7-24)27(18-31)28(36)33-25-5-2-21(22(16-25)17-30)19-34-10-8-26(9-11-34)35-12-14-37-15-13-35/h2-7,16,18,26H,8-15,19,31H2,1H3,(H,33,36). The summed E-state index contributed by atoms with van der Waals surface area (Å²) in [4.78, 5) is 22.3. The zero-order valence-electron chi connectivity index (χ0n) is 21.1. The van der Waals surface area contributed by atoms with Crippen molar-refractivity contribution in [1.29, 1.82) is 5.26 Å². The van der Waals surface area contributed by atoms with Gasteiger partial charge in [-0.2, -0.15) is 5.26 Å². The average molecular weight is 521 g/mol. The Morgan fingerprint density at radius 1 is 1.19 bits per heavy atom. The third-order valence-corrected chi connectivity index (χ3v) is 7.18. The molecule has 1 amide bonds. The monoisotopic (exact) mass is 520 g/mol. The van der Waals surface area contributed by atoms with Gasteiger partial charge in [0.25, 0.3) is 5.91 Å². The molecule has 9 heteroatoms. The highest BCUT2D eigenvalue weighted by Crippen LogP contribution is 2.23. The quantitative estimate of drug-likeness (QED) is 0.421. The maximum atomic E-state index is 12.9. The van der Waals surface area contributed by atoms with Gasteiger partial charge in [-0.05, 0) is 74.8 Å². The van der Waals surface area contributed by atoms with Crippen molar-refractivity contribution < 1.29 is 9.53 Å². The van der Waals surface area contributed by atoms with Crippen LogP contribution in [-0.4, -0.2) is 66.9 Å². The van der Waals surface area contributed by atoms with Crippen molar-refractivity contribution in [2.45, 2.75) is 32.4 Å². The molecule has 2 fully saturated rings. The lowest BCUT2D eigenvalue weighted by atomic mass is 10.0. The molecule has 0 unspecified atom stereocenters. The largest absolute Gasteiger partial charge is 0.404 e. The lowest BCUT2D eigenvalue weighted by molar-refractivity contribution is -0.112. The van der Waals surface area contributed by atoms with E-state index < -0.39 is 0 Å². The molecular formula is C28H33ClN6O2. The predicted molar refractivity (Wildman–Crippen MR) is 147 cm³/mol. The molecule has 3 N–H and O–H groups in total. The highest BCUT2D eigenvalue weighted by molar-refractivity contribution is 6.30. The van der Waals surface area contributed by atoms with Gasteiger partial charge in [0.05, 0.1) is 41.8 Å². The second-order valence-corrected chi connectivity index (χ2v) is 9.78. The number of anilines is 1. The van der Waals surface area contributed by atoms with E-state index in [4.69, 9.17) is 22.1 Å². The lowest BCUT2D eigenvalue weighted by Gasteiger charge is -2.40. The Kier molecular flexibility index (Phi) is 9.31. The smallest absolute Gasteiger partial charge is 0.258 e. The Hall–Kier alpha value is -3.22. The zero-order chi connectivity index (χ0) is 26.2. The molecule has 8 nitrogen and oxygen atoms in total. The van der Waals surface area contributed by atoms with Crippen LogP contribution in [0.2, 0.25) is 5.02 Å². The van der Waals surface area contributed by atoms with Gasteiger partial charge in [0, 0.05) is 42.6 Å². The van der Waals surface area contributed by atoms with Gasteiger partial charge in [0.1, 0.15) is 0 Å². The van der Waals surface area contributed by atoms with Gasteiger partial charge >= 0.3 is 0 Å². The van der Waals surface area contributed by atoms with Gasteiger partial charge in [0.2, 0.25) is 0 Å². The Labute approximate surface area is 223 Å². The first kappa shape index (κ1) is 26.8. The molecule has 2 aliphatic rings. The van der Waals surface area contributed by atoms with Crippen molar-refractivity contribution in [2.24, 2.45) is 10.7 Å². The van der Waals surface area contributed by atoms with Gasteiger partial charge in [-0.1, -0.05) is 17.7 Å². The minimum atomic E-state index is -0.389. The Morgan fingerprint density at radius 3 is 2.54 bits per heavy atom. The van der Waals surface area contributed by atoms with Gasteiger partial charge in [0.15, 0.2) is 0 Å². The average Bonchev–Trinajstić information content (AvgIpc) is 2.92. The number of nitriles is 1. The molecule has 0 atom stereocenters. The number of nitrogens with one attached hydrogen (secondary N) is 1. The first-order valence-corrected chi connectivity index (χ1v) is 13.0. The molecule has 4 rings (SSSR count). The summed E-state index contributed by atoms with van der Waals surface area (Å²) in [6.07, 6.45) is 3.49. The number of carbonyl (C=O) groups excluding carboxylic acids is 1. The predicted octanol–water partition coefficient (Wildman–Crippen LogP) is 4.08. The Bertz CT molecular complexity index is 1190. The number of rotatable bonds is 7. The number of ether oxygens (including phenoxy) is 1. The molecule has 0 saturated carbocycles. The van der Waals surface area contributed by atoms with Crippen molar-refractivity contribution in [3.05, 3.63) is 70.4 Å². The number of halogens is 1. The van der Waals surface area contributed by atoms with E-state index >= 15 is 0 Å². The SMILES string of the molecule is CC(=Nc1ccc(Cl)cc1)C(=CN)C(=O)Nc1ccc(CN2CCC(N3CCOCC3)CC2)c(C#N)c1. The van der Waals surface area contributed by atoms with E-state index in [1.807, 2.05) is 12.1 Å². The normalized spacial score (nSPS) is 18.4. The number of nitrogens with two attached hydrogens (primary N) is 1. The fourth-order valence-electron chi connectivity index (χ4n) is 4.85. The summed E-state index contributed by atoms with van der Waals surface area (Å²) in [5.41, 5.74) is 9.19. The van der Waals surface area contributed by atoms with Crippen LogP contribution in [0.5, 0.6) is 0 Å². The lowest BCUT2D eigenvalue weighted by Crippen LogP contribution is -2.48. The van der Waals surface area contributed by atoms with E-state index in [0.29, 0.717) is 40.3 Å². The highest BCUT2D eigenvalue weighted by atomic mass is 35.5. The molecule has 2 aromatic rings. The number of likely N-dealkylation sites (tertiary alicyclic amines) is 1. The molecule has 2 heterocycles. The maximum Gasteiger partial charge on any atom is 0.258 e. The van der Waals surface area contributed by atoms with Crippen LogP contribution in [0.4, 0.5) is 11.4 Å². The second-order valence-electron chi connectivity index (χ2n) is 9.35. The molecular weight excluding hydrogens is 488 g/mol. The van der Waals surface area contributed by atoms with Crippen LogP contribution in [0.3, 0.4) is 0 Å². The molecule has 194 valence electrons. The van der Waals surface area contributed by atoms with E-state index in [9.17, 15) is 10.1 Å². The number of benzene rings is 2. The molecule has 2 aliphatic heterocycles. The minimum absolute atomic E-state index is 0.251. The van der Waals surface area contributed by atoms with Crippen LogP contribution in [0.15, 0.2) is 59.2 Å². The summed E-state index contributed by atoms with van der Waals surface area (Å²) in [6.45, 7) is 8.13. The molecule has 37 heavy (non-hydrogen) atoms. The number of hydrogen-bond donors (Lipinski definition) is 2. The van der Waals surface area contributed by atoms with Crippen LogP contribution in [0.1, 0.15) is 30.9 Å². The van der Waals surface area contributed by atoms with Crippen molar-refractivity contribution in [1.82, 2.24) is 9.80 Å². The number of amides is 1. The molecule has 2 aromatic carbocycles. The molecule has 2 saturated heterocycles. The van der Waals surface area contributed by atoms with Crippen LogP contribution >= 0.6 is 11.6 Å². The minimum Gasteiger partial charge on any atom is -0.404 e. The third-order valence-electron chi connectivity index (χ3n) is 6.93. The number of aliphatic imine (C=N–C) groups is 1. The highest BCUT2D eigenvalue weighted by Gasteiger charge is 2.26. The molecule has 0 spiro atoms. The van der Waals surface area contributed by atoms with Crippen LogP contribution in [0, 0.1) is 11.3 Å². The van der Waals surface area contributed by atoms with Crippen LogP contribution < -0.4 is 11.1 Å². The third kappa shape index (κ3) is 7.18. The Balaban J connectivity index is 1.36. The summed E-state index contributed by atoms with van der Waals surface area (Å²) < 4.78 is 5.48. The summed E-state index contributed by atoms with van der Waals surface area (Å²) in [5, 5.41) is 13.2. The van der Waals surface area contributed by atoms with Gasteiger partial charge < -0.3 is 15.8 Å². The van der Waals surface area contributed by atoms with Crippen LogP contribution in [0.25, 0.3) is 0 Å². The van der Waals surface area contributed by atoms with Gasteiger partial charge in [-0.15, -0.1) is 0 Å². The van der Waals surface area contributed by atoms with E-state index in [2.05, 4.69) is 26.2 Å². The first-order chi connectivity index (χ1) is 18.0. The fraction of sp³-hybridized carbons (Fsp3) is 0.393. The Morgan fingerprint density at radius 2 is 1.89 bits per heavy atom. The van der Waals surface area contributed by atoms with Crippen molar-refractivity contribution in [3.63, 3.8) is 0 Å². The topological polar surface area (TPSA) is 107 Å². The van der Waals surface area contributed by atoms with E-state index in [1.165, 1.54) is 6.20 Å². The molecule has 0 radical (unpaired) electrons. The molecule has 0 bridgehead atoms. The van der Waals surface area contributed by atoms with E-state index in [-0.39, 0.29) is 11.5 Å². The van der Waals surface area contributed by atoms with Crippen molar-refractivity contribution in [3.8, 4) is 6.07 Å². The number of carbonyl (C=O) groups is 1. The summed E-state index contributed by atoms with van der Waals surface area (Å²) in [5.74, 6) is -0.389. The van der Waals surface area contributed by atoms with Gasteiger partial charge in [-0.25, -0.2) is 0 Å². The number of morpholine rings is 1. The maximum absolute atomic E-state index is 12.9. The number of nitrogens with zero attached hydrogens (tertiary/aromatic N) is 4. The van der Waals surface area contributed by atoms with Gasteiger partial charge in [-0.3, -0.25) is 19.6 Å². The fourth-order valence-corrected chi connectivity index (χ4v) is 4.98. The second kappa shape index (κ2) is 12.8. The summed E-state index contributed by atoms with van der Waals surface area (Å²) in [6, 6.07) is 15.4. The zero-order valence-corrected chi connectivity index (χ0v) is 21.9. The van der Waals surface area contributed by atoms with Crippen LogP contribution in [-0.2, 0) is 16.1 Å². The van der Waals surface area contributed by atoms with E-state index in [0.717, 1.165) is 57.8 Å². The first-order valence-electron chi connectivity index (χ1n) is 12.6. The number of piperidine rings is 1. The van der Waals surface area contributed by atoms with Crippen molar-refractivity contribution >= 4 is 34.6 Å². The van der Waals surface area contributed by atoms with E-state index in [1.54, 1.807) is 37.3 Å². The summed E-state index contributed by atoms with van der Waals surface area (Å²) in [7, 11) is 0. The number of hydrogen-bond acceptors (Lipinski definition) is 7. The van der Waals surface area contributed by atoms with Crippen molar-refractivity contribution in [2.75, 3.05) is 44.7 Å². The molecule has 0 aliphatic carbocycles.